The van der Waals surface area contributed by atoms with Crippen LogP contribution in [0.5, 0.6) is 0 Å². The first kappa shape index (κ1) is 14.3. The van der Waals surface area contributed by atoms with Crippen molar-refractivity contribution >= 4 is 16.9 Å². The van der Waals surface area contributed by atoms with Gasteiger partial charge < -0.3 is 15.4 Å². The lowest BCUT2D eigenvalue weighted by Gasteiger charge is -2.16. The Balaban J connectivity index is 1.72. The maximum Gasteiger partial charge on any atom is 0.225 e. The minimum absolute atomic E-state index is 0.132. The SMILES string of the molecule is O=C(Cc1c[nH]c2ncccc12)N[C@H](CO)c1ccccc1. The third-order valence-electron chi connectivity index (χ3n) is 3.61. The second-order valence-electron chi connectivity index (χ2n) is 5.10. The van der Waals surface area contributed by atoms with Crippen LogP contribution in [0.1, 0.15) is 17.2 Å². The molecule has 5 heteroatoms. The van der Waals surface area contributed by atoms with Gasteiger partial charge >= 0.3 is 0 Å². The number of aliphatic hydroxyl groups excluding tert-OH is 1. The zero-order valence-electron chi connectivity index (χ0n) is 12.0. The number of H-pyrrole nitrogens is 1. The number of nitrogens with one attached hydrogen (secondary N) is 2. The minimum atomic E-state index is -0.392. The van der Waals surface area contributed by atoms with Crippen LogP contribution in [0.3, 0.4) is 0 Å². The van der Waals surface area contributed by atoms with Gasteiger partial charge in [-0.25, -0.2) is 4.98 Å². The normalized spacial score (nSPS) is 12.2. The van der Waals surface area contributed by atoms with Crippen molar-refractivity contribution in [3.8, 4) is 0 Å². The number of carbonyl (C=O) groups is 1. The van der Waals surface area contributed by atoms with E-state index < -0.39 is 6.04 Å². The van der Waals surface area contributed by atoms with E-state index >= 15 is 0 Å². The van der Waals surface area contributed by atoms with Crippen molar-refractivity contribution in [2.45, 2.75) is 12.5 Å². The van der Waals surface area contributed by atoms with Crippen LogP contribution in [0.2, 0.25) is 0 Å². The summed E-state index contributed by atoms with van der Waals surface area (Å²) in [4.78, 5) is 19.5. The third kappa shape index (κ3) is 2.99. The number of aromatic nitrogens is 2. The van der Waals surface area contributed by atoms with Crippen LogP contribution < -0.4 is 5.32 Å². The highest BCUT2D eigenvalue weighted by atomic mass is 16.3. The number of carbonyl (C=O) groups excluding carboxylic acids is 1. The first-order chi connectivity index (χ1) is 10.8. The summed E-state index contributed by atoms with van der Waals surface area (Å²) >= 11 is 0. The van der Waals surface area contributed by atoms with E-state index in [-0.39, 0.29) is 18.9 Å². The minimum Gasteiger partial charge on any atom is -0.394 e. The largest absolute Gasteiger partial charge is 0.394 e. The zero-order valence-corrected chi connectivity index (χ0v) is 12.0. The molecule has 0 aliphatic carbocycles. The molecule has 0 bridgehead atoms. The first-order valence-electron chi connectivity index (χ1n) is 7.14. The number of fused-ring (bicyclic) bond motifs is 1. The average molecular weight is 295 g/mol. The lowest BCUT2D eigenvalue weighted by molar-refractivity contribution is -0.121. The van der Waals surface area contributed by atoms with Crippen molar-refractivity contribution in [2.75, 3.05) is 6.61 Å². The van der Waals surface area contributed by atoms with Crippen LogP contribution in [-0.4, -0.2) is 27.6 Å². The van der Waals surface area contributed by atoms with Gasteiger partial charge in [-0.1, -0.05) is 30.3 Å². The third-order valence-corrected chi connectivity index (χ3v) is 3.61. The van der Waals surface area contributed by atoms with Gasteiger partial charge in [0.05, 0.1) is 19.1 Å². The molecule has 2 heterocycles. The highest BCUT2D eigenvalue weighted by Crippen LogP contribution is 2.17. The predicted octanol–water partition coefficient (Wildman–Crippen LogP) is 1.96. The van der Waals surface area contributed by atoms with E-state index in [0.29, 0.717) is 0 Å². The number of pyridine rings is 1. The highest BCUT2D eigenvalue weighted by Gasteiger charge is 2.15. The number of hydrogen-bond acceptors (Lipinski definition) is 3. The van der Waals surface area contributed by atoms with Crippen LogP contribution >= 0.6 is 0 Å². The molecular formula is C17H17N3O2. The molecular weight excluding hydrogens is 278 g/mol. The Hall–Kier alpha value is -2.66. The molecule has 0 saturated carbocycles. The number of benzene rings is 1. The number of aromatic amines is 1. The smallest absolute Gasteiger partial charge is 0.225 e. The molecule has 1 aromatic carbocycles. The van der Waals surface area contributed by atoms with Crippen molar-refractivity contribution in [2.24, 2.45) is 0 Å². The first-order valence-corrected chi connectivity index (χ1v) is 7.14. The highest BCUT2D eigenvalue weighted by molar-refractivity contribution is 5.87. The van der Waals surface area contributed by atoms with Crippen molar-refractivity contribution < 1.29 is 9.90 Å². The van der Waals surface area contributed by atoms with Crippen LogP contribution in [0, 0.1) is 0 Å². The molecule has 0 aliphatic rings. The van der Waals surface area contributed by atoms with Crippen LogP contribution in [0.25, 0.3) is 11.0 Å². The standard InChI is InChI=1S/C17H17N3O2/c21-11-15(12-5-2-1-3-6-12)20-16(22)9-13-10-19-17-14(13)7-4-8-18-17/h1-8,10,15,21H,9,11H2,(H,18,19)(H,20,22)/t15-/m1/s1. The molecule has 0 spiro atoms. The summed E-state index contributed by atoms with van der Waals surface area (Å²) < 4.78 is 0. The topological polar surface area (TPSA) is 78.0 Å². The molecule has 112 valence electrons. The van der Waals surface area contributed by atoms with Gasteiger partial charge in [-0.3, -0.25) is 4.79 Å². The predicted molar refractivity (Wildman–Crippen MR) is 84.2 cm³/mol. The van der Waals surface area contributed by atoms with Gasteiger partial charge in [-0.2, -0.15) is 0 Å². The quantitative estimate of drug-likeness (QED) is 0.673. The molecule has 0 saturated heterocycles. The molecule has 3 rings (SSSR count). The van der Waals surface area contributed by atoms with E-state index in [9.17, 15) is 9.90 Å². The van der Waals surface area contributed by atoms with Gasteiger partial charge in [0.2, 0.25) is 5.91 Å². The van der Waals surface area contributed by atoms with Crippen LogP contribution in [0.15, 0.2) is 54.9 Å². The molecule has 3 N–H and O–H groups in total. The van der Waals surface area contributed by atoms with Gasteiger partial charge in [0.25, 0.3) is 0 Å². The van der Waals surface area contributed by atoms with E-state index in [4.69, 9.17) is 0 Å². The second-order valence-corrected chi connectivity index (χ2v) is 5.10. The van der Waals surface area contributed by atoms with E-state index in [1.54, 1.807) is 12.4 Å². The monoisotopic (exact) mass is 295 g/mol. The maximum absolute atomic E-state index is 12.2. The van der Waals surface area contributed by atoms with E-state index in [1.165, 1.54) is 0 Å². The summed E-state index contributed by atoms with van der Waals surface area (Å²) in [6, 6.07) is 12.8. The molecule has 1 atom stereocenters. The number of rotatable bonds is 5. The van der Waals surface area contributed by atoms with Gasteiger partial charge in [0.15, 0.2) is 0 Å². The summed E-state index contributed by atoms with van der Waals surface area (Å²) in [5, 5.41) is 13.3. The lowest BCUT2D eigenvalue weighted by Crippen LogP contribution is -2.31. The van der Waals surface area contributed by atoms with Crippen molar-refractivity contribution in [1.29, 1.82) is 0 Å². The van der Waals surface area contributed by atoms with Gasteiger partial charge in [0, 0.05) is 17.8 Å². The van der Waals surface area contributed by atoms with Crippen molar-refractivity contribution in [1.82, 2.24) is 15.3 Å². The summed E-state index contributed by atoms with van der Waals surface area (Å²) in [6.07, 6.45) is 3.75. The average Bonchev–Trinajstić information content (AvgIpc) is 2.96. The number of hydrogen-bond donors (Lipinski definition) is 3. The maximum atomic E-state index is 12.2. The Morgan fingerprint density at radius 3 is 2.82 bits per heavy atom. The fourth-order valence-electron chi connectivity index (χ4n) is 2.50. The Morgan fingerprint density at radius 1 is 1.23 bits per heavy atom. The van der Waals surface area contributed by atoms with Crippen molar-refractivity contribution in [3.05, 3.63) is 66.0 Å². The molecule has 3 aromatic rings. The Morgan fingerprint density at radius 2 is 2.05 bits per heavy atom. The molecule has 0 aliphatic heterocycles. The summed E-state index contributed by atoms with van der Waals surface area (Å²) in [5.74, 6) is -0.132. The van der Waals surface area contributed by atoms with Gasteiger partial charge in [0.1, 0.15) is 5.65 Å². The second kappa shape index (κ2) is 6.41. The van der Waals surface area contributed by atoms with Crippen molar-refractivity contribution in [3.63, 3.8) is 0 Å². The molecule has 2 aromatic heterocycles. The molecule has 5 nitrogen and oxygen atoms in total. The van der Waals surface area contributed by atoms with E-state index in [0.717, 1.165) is 22.2 Å². The van der Waals surface area contributed by atoms with Crippen LogP contribution in [-0.2, 0) is 11.2 Å². The Bertz CT molecular complexity index is 768. The number of aliphatic hydroxyl groups is 1. The Labute approximate surface area is 128 Å². The zero-order chi connectivity index (χ0) is 15.4. The summed E-state index contributed by atoms with van der Waals surface area (Å²) in [7, 11) is 0. The lowest BCUT2D eigenvalue weighted by atomic mass is 10.1. The summed E-state index contributed by atoms with van der Waals surface area (Å²) in [6.45, 7) is -0.134. The van der Waals surface area contributed by atoms with E-state index in [2.05, 4.69) is 15.3 Å². The summed E-state index contributed by atoms with van der Waals surface area (Å²) in [5.41, 5.74) is 2.55. The number of amides is 1. The van der Waals surface area contributed by atoms with Gasteiger partial charge in [-0.15, -0.1) is 0 Å². The number of nitrogens with zero attached hydrogens (tertiary/aromatic N) is 1. The molecule has 0 unspecified atom stereocenters. The molecule has 22 heavy (non-hydrogen) atoms. The van der Waals surface area contributed by atoms with E-state index in [1.807, 2.05) is 42.5 Å². The van der Waals surface area contributed by atoms with Crippen LogP contribution in [0.4, 0.5) is 0 Å². The Kier molecular flexibility index (Phi) is 4.16. The fraction of sp³-hybridized carbons (Fsp3) is 0.176. The fourth-order valence-corrected chi connectivity index (χ4v) is 2.50. The molecule has 1 amide bonds. The molecule has 0 radical (unpaired) electrons. The molecule has 0 fully saturated rings. The van der Waals surface area contributed by atoms with Gasteiger partial charge in [-0.05, 0) is 23.3 Å².